The maximum Gasteiger partial charge on any atom is 0.269 e. The fourth-order valence-electron chi connectivity index (χ4n) is 3.18. The number of hydrogen-bond acceptors (Lipinski definition) is 8. The van der Waals surface area contributed by atoms with Gasteiger partial charge in [0.25, 0.3) is 5.69 Å². The van der Waals surface area contributed by atoms with E-state index in [0.717, 1.165) is 70.8 Å². The highest BCUT2D eigenvalue weighted by Gasteiger charge is 2.15. The monoisotopic (exact) mass is 416 g/mol. The highest BCUT2D eigenvalue weighted by atomic mass is 32.2. The van der Waals surface area contributed by atoms with Crippen molar-refractivity contribution >= 4 is 39.1 Å². The zero-order valence-corrected chi connectivity index (χ0v) is 16.9. The van der Waals surface area contributed by atoms with Crippen LogP contribution in [0.2, 0.25) is 0 Å². The number of pyridine rings is 1. The van der Waals surface area contributed by atoms with E-state index in [-0.39, 0.29) is 10.6 Å². The van der Waals surface area contributed by atoms with Crippen molar-refractivity contribution in [3.05, 3.63) is 52.2 Å². The third-order valence-corrected chi connectivity index (χ3v) is 6.78. The van der Waals surface area contributed by atoms with Gasteiger partial charge in [-0.2, -0.15) is 0 Å². The summed E-state index contributed by atoms with van der Waals surface area (Å²) in [6.07, 6.45) is 3.51. The molecule has 0 aliphatic carbocycles. The molecular weight excluding hydrogens is 396 g/mol. The normalized spacial score (nSPS) is 15.1. The van der Waals surface area contributed by atoms with Crippen LogP contribution in [0.15, 0.2) is 45.8 Å². The number of nitro benzene ring substituents is 1. The van der Waals surface area contributed by atoms with Gasteiger partial charge in [0.1, 0.15) is 10.3 Å². The number of thiazole rings is 1. The van der Waals surface area contributed by atoms with Crippen LogP contribution in [-0.4, -0.2) is 52.6 Å². The van der Waals surface area contributed by atoms with Gasteiger partial charge >= 0.3 is 0 Å². The molecule has 0 spiro atoms. The molecule has 7 nitrogen and oxygen atoms in total. The molecule has 3 aromatic rings. The Balaban J connectivity index is 1.50. The second-order valence-electron chi connectivity index (χ2n) is 6.52. The van der Waals surface area contributed by atoms with Gasteiger partial charge in [0.15, 0.2) is 4.34 Å². The molecule has 0 unspecified atom stereocenters. The van der Waals surface area contributed by atoms with Crippen molar-refractivity contribution in [1.29, 1.82) is 0 Å². The molecule has 0 radical (unpaired) electrons. The second-order valence-corrected chi connectivity index (χ2v) is 8.78. The van der Waals surface area contributed by atoms with Crippen LogP contribution in [0.25, 0.3) is 10.3 Å². The van der Waals surface area contributed by atoms with Gasteiger partial charge in [0.05, 0.1) is 18.1 Å². The molecule has 1 fully saturated rings. The van der Waals surface area contributed by atoms with Crippen LogP contribution < -0.4 is 0 Å². The fourth-order valence-corrected chi connectivity index (χ4v) is 5.25. The lowest BCUT2D eigenvalue weighted by molar-refractivity contribution is -0.385. The van der Waals surface area contributed by atoms with E-state index in [1.165, 1.54) is 0 Å². The quantitative estimate of drug-likeness (QED) is 0.425. The third-order valence-electron chi connectivity index (χ3n) is 4.62. The number of hydrogen-bond donors (Lipinski definition) is 0. The molecule has 2 aromatic heterocycles. The molecule has 4 rings (SSSR count). The van der Waals surface area contributed by atoms with Crippen LogP contribution in [0.5, 0.6) is 0 Å². The maximum atomic E-state index is 11.2. The molecule has 146 valence electrons. The van der Waals surface area contributed by atoms with Gasteiger partial charge in [-0.15, -0.1) is 0 Å². The van der Waals surface area contributed by atoms with E-state index in [2.05, 4.69) is 14.9 Å². The third kappa shape index (κ3) is 4.67. The van der Waals surface area contributed by atoms with Gasteiger partial charge < -0.3 is 4.74 Å². The van der Waals surface area contributed by atoms with Crippen molar-refractivity contribution in [2.45, 2.75) is 22.1 Å². The molecule has 1 saturated heterocycles. The molecule has 3 heterocycles. The second kappa shape index (κ2) is 8.95. The van der Waals surface area contributed by atoms with E-state index >= 15 is 0 Å². The molecule has 1 aliphatic heterocycles. The first-order valence-corrected chi connectivity index (χ1v) is 10.8. The fraction of sp³-hybridized carbons (Fsp3) is 0.368. The summed E-state index contributed by atoms with van der Waals surface area (Å²) in [5.74, 6) is 0. The van der Waals surface area contributed by atoms with Crippen LogP contribution in [0.4, 0.5) is 5.69 Å². The average molecular weight is 417 g/mol. The number of morpholine rings is 1. The Morgan fingerprint density at radius 2 is 2.14 bits per heavy atom. The zero-order chi connectivity index (χ0) is 19.3. The summed E-state index contributed by atoms with van der Waals surface area (Å²) in [5, 5.41) is 11.2. The molecule has 28 heavy (non-hydrogen) atoms. The van der Waals surface area contributed by atoms with Gasteiger partial charge in [-0.05, 0) is 43.1 Å². The lowest BCUT2D eigenvalue weighted by atomic mass is 10.1. The first kappa shape index (κ1) is 19.3. The topological polar surface area (TPSA) is 81.4 Å². The molecule has 0 atom stereocenters. The molecule has 9 heteroatoms. The average Bonchev–Trinajstić information content (AvgIpc) is 3.12. The summed E-state index contributed by atoms with van der Waals surface area (Å²) in [6, 6.07) is 8.93. The lowest BCUT2D eigenvalue weighted by Crippen LogP contribution is -2.36. The van der Waals surface area contributed by atoms with Crippen LogP contribution >= 0.6 is 23.1 Å². The number of ether oxygens (including phenoxy) is 1. The minimum atomic E-state index is -0.332. The number of nitrogens with zero attached hydrogens (tertiary/aromatic N) is 4. The molecule has 0 saturated carbocycles. The van der Waals surface area contributed by atoms with E-state index in [9.17, 15) is 10.1 Å². The Labute approximate surface area is 170 Å². The Morgan fingerprint density at radius 3 is 2.93 bits per heavy atom. The summed E-state index contributed by atoms with van der Waals surface area (Å²) in [7, 11) is 0. The number of aryl methyl sites for hydroxylation is 1. The minimum Gasteiger partial charge on any atom is -0.379 e. The summed E-state index contributed by atoms with van der Waals surface area (Å²) in [5.41, 5.74) is 2.02. The van der Waals surface area contributed by atoms with Crippen LogP contribution in [0, 0.1) is 10.1 Å². The van der Waals surface area contributed by atoms with Crippen molar-refractivity contribution < 1.29 is 9.66 Å². The van der Waals surface area contributed by atoms with E-state index in [4.69, 9.17) is 4.74 Å². The summed E-state index contributed by atoms with van der Waals surface area (Å²) in [6.45, 7) is 4.44. The van der Waals surface area contributed by atoms with Crippen LogP contribution in [-0.2, 0) is 11.2 Å². The summed E-state index contributed by atoms with van der Waals surface area (Å²) >= 11 is 3.10. The SMILES string of the molecule is O=[N+]([O-])c1ccc(Sc2nc3cccnc3s2)c(CCCN2CCOCC2)c1. The smallest absolute Gasteiger partial charge is 0.269 e. The Kier molecular flexibility index (Phi) is 6.16. The zero-order valence-electron chi connectivity index (χ0n) is 15.2. The molecule has 1 aliphatic rings. The van der Waals surface area contributed by atoms with Crippen LogP contribution in [0.3, 0.4) is 0 Å². The number of benzene rings is 1. The Hall–Kier alpha value is -2.07. The van der Waals surface area contributed by atoms with Gasteiger partial charge in [-0.25, -0.2) is 9.97 Å². The van der Waals surface area contributed by atoms with Gasteiger partial charge in [0, 0.05) is 36.3 Å². The predicted octanol–water partition coefficient (Wildman–Crippen LogP) is 4.02. The van der Waals surface area contributed by atoms with Crippen molar-refractivity contribution in [3.8, 4) is 0 Å². The van der Waals surface area contributed by atoms with E-state index in [0.29, 0.717) is 0 Å². The van der Waals surface area contributed by atoms with Gasteiger partial charge in [0.2, 0.25) is 0 Å². The van der Waals surface area contributed by atoms with Crippen molar-refractivity contribution in [3.63, 3.8) is 0 Å². The first-order chi connectivity index (χ1) is 13.7. The van der Waals surface area contributed by atoms with E-state index in [1.54, 1.807) is 41.4 Å². The molecular formula is C19H20N4O3S2. The number of nitro groups is 1. The van der Waals surface area contributed by atoms with E-state index in [1.807, 2.05) is 18.2 Å². The molecule has 0 N–H and O–H groups in total. The van der Waals surface area contributed by atoms with Crippen LogP contribution in [0.1, 0.15) is 12.0 Å². The standard InChI is InChI=1S/C19H20N4O3S2/c24-23(25)15-5-6-17(27-19-21-16-4-1-7-20-18(16)28-19)14(13-15)3-2-8-22-9-11-26-12-10-22/h1,4-7,13H,2-3,8-12H2. The molecule has 0 bridgehead atoms. The minimum absolute atomic E-state index is 0.136. The highest BCUT2D eigenvalue weighted by molar-refractivity contribution is 8.01. The predicted molar refractivity (Wildman–Crippen MR) is 110 cm³/mol. The summed E-state index contributed by atoms with van der Waals surface area (Å²) in [4.78, 5) is 24.2. The summed E-state index contributed by atoms with van der Waals surface area (Å²) < 4.78 is 6.29. The highest BCUT2D eigenvalue weighted by Crippen LogP contribution is 2.36. The molecule has 1 aromatic carbocycles. The largest absolute Gasteiger partial charge is 0.379 e. The number of aromatic nitrogens is 2. The van der Waals surface area contributed by atoms with Gasteiger partial charge in [-0.1, -0.05) is 23.1 Å². The number of rotatable bonds is 7. The van der Waals surface area contributed by atoms with Gasteiger partial charge in [-0.3, -0.25) is 15.0 Å². The first-order valence-electron chi connectivity index (χ1n) is 9.16. The Morgan fingerprint density at radius 1 is 1.29 bits per heavy atom. The maximum absolute atomic E-state index is 11.2. The van der Waals surface area contributed by atoms with Crippen molar-refractivity contribution in [2.24, 2.45) is 0 Å². The lowest BCUT2D eigenvalue weighted by Gasteiger charge is -2.26. The number of non-ortho nitro benzene ring substituents is 1. The van der Waals surface area contributed by atoms with Crippen molar-refractivity contribution in [1.82, 2.24) is 14.9 Å². The number of fused-ring (bicyclic) bond motifs is 1. The van der Waals surface area contributed by atoms with E-state index < -0.39 is 0 Å². The van der Waals surface area contributed by atoms with Crippen molar-refractivity contribution in [2.75, 3.05) is 32.8 Å². The molecule has 0 amide bonds. The Bertz CT molecular complexity index is 940.